The maximum absolute atomic E-state index is 11.8. The number of carbonyl (C=O) groups excluding carboxylic acids is 1. The van der Waals surface area contributed by atoms with Gasteiger partial charge in [0.2, 0.25) is 0 Å². The van der Waals surface area contributed by atoms with Crippen LogP contribution in [0, 0.1) is 0 Å². The lowest BCUT2D eigenvalue weighted by Gasteiger charge is -2.09. The van der Waals surface area contributed by atoms with Gasteiger partial charge >= 0.3 is 0 Å². The van der Waals surface area contributed by atoms with Gasteiger partial charge in [-0.05, 0) is 31.0 Å². The fraction of sp³-hybridized carbons (Fsp3) is 0.250. The molecule has 0 saturated carbocycles. The standard InChI is InChI=1S/C20H22N4O3/c25-18(14-27-15-8-2-1-3-9-15)21-12-6-7-13-22-19-16-10-4-5-11-17(16)20(26)24-23-19/h1-5,8-11H,6-7,12-14H2,(H,21,25)(H,22,23)(H,24,26). The van der Waals surface area contributed by atoms with Crippen molar-refractivity contribution < 1.29 is 9.53 Å². The zero-order valence-corrected chi connectivity index (χ0v) is 14.9. The molecule has 3 rings (SSSR count). The van der Waals surface area contributed by atoms with Gasteiger partial charge in [-0.15, -0.1) is 0 Å². The first-order chi connectivity index (χ1) is 13.2. The molecule has 0 bridgehead atoms. The summed E-state index contributed by atoms with van der Waals surface area (Å²) in [7, 11) is 0. The van der Waals surface area contributed by atoms with Gasteiger partial charge in [-0.25, -0.2) is 5.10 Å². The van der Waals surface area contributed by atoms with Crippen LogP contribution in [-0.2, 0) is 4.79 Å². The SMILES string of the molecule is O=C(COc1ccccc1)NCCCCNc1n[nH]c(=O)c2ccccc12. The van der Waals surface area contributed by atoms with Crippen molar-refractivity contribution >= 4 is 22.5 Å². The number of rotatable bonds is 9. The van der Waals surface area contributed by atoms with E-state index in [4.69, 9.17) is 4.74 Å². The number of anilines is 1. The number of benzene rings is 2. The molecule has 0 atom stereocenters. The van der Waals surface area contributed by atoms with Gasteiger partial charge in [0.1, 0.15) is 5.75 Å². The highest BCUT2D eigenvalue weighted by Crippen LogP contribution is 2.16. The molecule has 1 aromatic heterocycles. The van der Waals surface area contributed by atoms with Gasteiger partial charge in [-0.1, -0.05) is 36.4 Å². The summed E-state index contributed by atoms with van der Waals surface area (Å²) in [5.74, 6) is 1.20. The van der Waals surface area contributed by atoms with Crippen molar-refractivity contribution in [2.24, 2.45) is 0 Å². The first kappa shape index (κ1) is 18.4. The van der Waals surface area contributed by atoms with E-state index in [1.54, 1.807) is 6.07 Å². The van der Waals surface area contributed by atoms with E-state index in [-0.39, 0.29) is 18.1 Å². The number of hydrogen-bond acceptors (Lipinski definition) is 5. The Morgan fingerprint density at radius 1 is 0.963 bits per heavy atom. The largest absolute Gasteiger partial charge is 0.484 e. The van der Waals surface area contributed by atoms with Crippen LogP contribution in [0.3, 0.4) is 0 Å². The Bertz CT molecular complexity index is 941. The maximum Gasteiger partial charge on any atom is 0.272 e. The van der Waals surface area contributed by atoms with Gasteiger partial charge in [0, 0.05) is 18.5 Å². The third kappa shape index (κ3) is 5.31. The Kier molecular flexibility index (Phi) is 6.40. The Balaban J connectivity index is 1.35. The van der Waals surface area contributed by atoms with Crippen LogP contribution >= 0.6 is 0 Å². The van der Waals surface area contributed by atoms with Crippen LogP contribution in [0.1, 0.15) is 12.8 Å². The van der Waals surface area contributed by atoms with Crippen molar-refractivity contribution in [1.82, 2.24) is 15.5 Å². The second kappa shape index (κ2) is 9.38. The van der Waals surface area contributed by atoms with Crippen LogP contribution in [-0.4, -0.2) is 35.8 Å². The van der Waals surface area contributed by atoms with Gasteiger partial charge in [-0.2, -0.15) is 5.10 Å². The van der Waals surface area contributed by atoms with Crippen LogP contribution in [0.5, 0.6) is 5.75 Å². The Hall–Kier alpha value is -3.35. The third-order valence-electron chi connectivity index (χ3n) is 4.03. The maximum atomic E-state index is 11.8. The van der Waals surface area contributed by atoms with E-state index in [1.165, 1.54) is 0 Å². The second-order valence-electron chi connectivity index (χ2n) is 6.03. The zero-order chi connectivity index (χ0) is 18.9. The summed E-state index contributed by atoms with van der Waals surface area (Å²) in [5, 5.41) is 14.0. The molecule has 0 saturated heterocycles. The molecule has 0 fully saturated rings. The summed E-state index contributed by atoms with van der Waals surface area (Å²) in [6, 6.07) is 16.6. The molecule has 2 aromatic carbocycles. The lowest BCUT2D eigenvalue weighted by Crippen LogP contribution is -2.29. The molecule has 0 spiro atoms. The predicted molar refractivity (Wildman–Crippen MR) is 105 cm³/mol. The number of aromatic nitrogens is 2. The van der Waals surface area contributed by atoms with E-state index < -0.39 is 0 Å². The average Bonchev–Trinajstić information content (AvgIpc) is 2.71. The molecule has 0 radical (unpaired) electrons. The molecule has 3 aromatic rings. The van der Waals surface area contributed by atoms with E-state index in [9.17, 15) is 9.59 Å². The number of H-pyrrole nitrogens is 1. The van der Waals surface area contributed by atoms with Crippen LogP contribution < -0.4 is 20.9 Å². The van der Waals surface area contributed by atoms with Crippen molar-refractivity contribution in [2.75, 3.05) is 25.0 Å². The Morgan fingerprint density at radius 2 is 1.67 bits per heavy atom. The zero-order valence-electron chi connectivity index (χ0n) is 14.9. The summed E-state index contributed by atoms with van der Waals surface area (Å²) in [6.07, 6.45) is 1.68. The van der Waals surface area contributed by atoms with Crippen molar-refractivity contribution in [3.8, 4) is 5.75 Å². The van der Waals surface area contributed by atoms with Gasteiger partial charge < -0.3 is 15.4 Å². The first-order valence-corrected chi connectivity index (χ1v) is 8.90. The number of fused-ring (bicyclic) bond motifs is 1. The number of ether oxygens (including phenoxy) is 1. The summed E-state index contributed by atoms with van der Waals surface area (Å²) in [5.41, 5.74) is -0.198. The summed E-state index contributed by atoms with van der Waals surface area (Å²) in [4.78, 5) is 23.5. The molecule has 7 nitrogen and oxygen atoms in total. The number of carbonyl (C=O) groups is 1. The highest BCUT2D eigenvalue weighted by molar-refractivity contribution is 5.90. The number of para-hydroxylation sites is 1. The van der Waals surface area contributed by atoms with Crippen LogP contribution in [0.2, 0.25) is 0 Å². The minimum absolute atomic E-state index is 0.00948. The predicted octanol–water partition coefficient (Wildman–Crippen LogP) is 2.31. The smallest absolute Gasteiger partial charge is 0.272 e. The van der Waals surface area contributed by atoms with Gasteiger partial charge in [0.05, 0.1) is 5.39 Å². The summed E-state index contributed by atoms with van der Waals surface area (Å²) in [6.45, 7) is 1.29. The molecular formula is C20H22N4O3. The molecule has 7 heteroatoms. The number of nitrogens with one attached hydrogen (secondary N) is 3. The first-order valence-electron chi connectivity index (χ1n) is 8.90. The topological polar surface area (TPSA) is 96.1 Å². The Labute approximate surface area is 156 Å². The number of nitrogens with zero attached hydrogens (tertiary/aromatic N) is 1. The Morgan fingerprint density at radius 3 is 2.48 bits per heavy atom. The van der Waals surface area contributed by atoms with Gasteiger partial charge in [0.25, 0.3) is 11.5 Å². The number of hydrogen-bond donors (Lipinski definition) is 3. The minimum atomic E-state index is -0.198. The molecule has 0 aliphatic carbocycles. The molecule has 27 heavy (non-hydrogen) atoms. The average molecular weight is 366 g/mol. The quantitative estimate of drug-likeness (QED) is 0.505. The number of aromatic amines is 1. The van der Waals surface area contributed by atoms with E-state index in [2.05, 4.69) is 20.8 Å². The fourth-order valence-electron chi connectivity index (χ4n) is 2.65. The molecule has 1 heterocycles. The van der Waals surface area contributed by atoms with E-state index >= 15 is 0 Å². The molecule has 3 N–H and O–H groups in total. The molecular weight excluding hydrogens is 344 g/mol. The fourth-order valence-corrected chi connectivity index (χ4v) is 2.65. The van der Waals surface area contributed by atoms with Crippen LogP contribution in [0.25, 0.3) is 10.8 Å². The van der Waals surface area contributed by atoms with E-state index in [1.807, 2.05) is 48.5 Å². The van der Waals surface area contributed by atoms with Crippen molar-refractivity contribution in [1.29, 1.82) is 0 Å². The lowest BCUT2D eigenvalue weighted by atomic mass is 10.2. The summed E-state index contributed by atoms with van der Waals surface area (Å²) >= 11 is 0. The van der Waals surface area contributed by atoms with Crippen LogP contribution in [0.4, 0.5) is 5.82 Å². The van der Waals surface area contributed by atoms with E-state index in [0.29, 0.717) is 30.0 Å². The summed E-state index contributed by atoms with van der Waals surface area (Å²) < 4.78 is 5.39. The molecule has 140 valence electrons. The molecule has 0 aliphatic heterocycles. The third-order valence-corrected chi connectivity index (χ3v) is 4.03. The van der Waals surface area contributed by atoms with Crippen molar-refractivity contribution in [3.05, 3.63) is 65.0 Å². The van der Waals surface area contributed by atoms with Gasteiger partial charge in [0.15, 0.2) is 12.4 Å². The monoisotopic (exact) mass is 366 g/mol. The highest BCUT2D eigenvalue weighted by atomic mass is 16.5. The second-order valence-corrected chi connectivity index (χ2v) is 6.03. The number of amides is 1. The molecule has 0 unspecified atom stereocenters. The van der Waals surface area contributed by atoms with E-state index in [0.717, 1.165) is 18.2 Å². The van der Waals surface area contributed by atoms with Crippen LogP contribution in [0.15, 0.2) is 59.4 Å². The molecule has 0 aliphatic rings. The lowest BCUT2D eigenvalue weighted by molar-refractivity contribution is -0.123. The normalized spacial score (nSPS) is 10.5. The molecule has 1 amide bonds. The van der Waals surface area contributed by atoms with Crippen molar-refractivity contribution in [2.45, 2.75) is 12.8 Å². The number of unbranched alkanes of at least 4 members (excludes halogenated alkanes) is 1. The van der Waals surface area contributed by atoms with Gasteiger partial charge in [-0.3, -0.25) is 9.59 Å². The minimum Gasteiger partial charge on any atom is -0.484 e. The van der Waals surface area contributed by atoms with Crippen molar-refractivity contribution in [3.63, 3.8) is 0 Å². The highest BCUT2D eigenvalue weighted by Gasteiger charge is 2.05.